The molecule has 1 fully saturated rings. The van der Waals surface area contributed by atoms with E-state index in [4.69, 9.17) is 5.73 Å². The molecule has 0 aliphatic carbocycles. The third-order valence-corrected chi connectivity index (χ3v) is 3.03. The van der Waals surface area contributed by atoms with Gasteiger partial charge in [-0.1, -0.05) is 0 Å². The summed E-state index contributed by atoms with van der Waals surface area (Å²) in [6.45, 7) is 6.14. The highest BCUT2D eigenvalue weighted by molar-refractivity contribution is 5.01. The predicted octanol–water partition coefficient (Wildman–Crippen LogP) is 0.787. The lowest BCUT2D eigenvalue weighted by Gasteiger charge is -2.32. The van der Waals surface area contributed by atoms with Crippen LogP contribution in [0.1, 0.15) is 24.4 Å². The summed E-state index contributed by atoms with van der Waals surface area (Å²) >= 11 is 0. The van der Waals surface area contributed by atoms with Gasteiger partial charge in [-0.2, -0.15) is 5.10 Å². The number of likely N-dealkylation sites (tertiary alicyclic amines) is 1. The summed E-state index contributed by atoms with van der Waals surface area (Å²) in [6, 6.07) is 0.541. The second-order valence-electron chi connectivity index (χ2n) is 4.38. The molecule has 2 rings (SSSR count). The maximum Gasteiger partial charge on any atom is 0.0646 e. The quantitative estimate of drug-likeness (QED) is 0.799. The van der Waals surface area contributed by atoms with Gasteiger partial charge in [0.25, 0.3) is 0 Å². The van der Waals surface area contributed by atoms with E-state index < -0.39 is 0 Å². The largest absolute Gasteiger partial charge is 0.329 e. The minimum Gasteiger partial charge on any atom is -0.329 e. The van der Waals surface area contributed by atoms with Crippen molar-refractivity contribution >= 4 is 0 Å². The third kappa shape index (κ3) is 2.58. The van der Waals surface area contributed by atoms with Crippen molar-refractivity contribution in [3.63, 3.8) is 0 Å². The molecule has 0 amide bonds. The zero-order chi connectivity index (χ0) is 10.7. The van der Waals surface area contributed by atoms with Crippen LogP contribution in [0.3, 0.4) is 0 Å². The van der Waals surface area contributed by atoms with Crippen molar-refractivity contribution in [2.24, 2.45) is 5.73 Å². The molecule has 15 heavy (non-hydrogen) atoms. The summed E-state index contributed by atoms with van der Waals surface area (Å²) < 4.78 is 2.11. The monoisotopic (exact) mass is 208 g/mol. The zero-order valence-corrected chi connectivity index (χ0v) is 9.39. The van der Waals surface area contributed by atoms with Crippen molar-refractivity contribution in [1.82, 2.24) is 14.7 Å². The lowest BCUT2D eigenvalue weighted by atomic mass is 10.1. The molecule has 0 aromatic carbocycles. The molecular weight excluding hydrogens is 188 g/mol. The smallest absolute Gasteiger partial charge is 0.0646 e. The molecule has 2 N–H and O–H groups in total. The van der Waals surface area contributed by atoms with E-state index >= 15 is 0 Å². The van der Waals surface area contributed by atoms with Gasteiger partial charge in [0, 0.05) is 25.8 Å². The standard InChI is InChI=1S/C11H20N4/c1-10-7-13-15(8-10)11-3-2-5-14(9-11)6-4-12/h7-8,11H,2-6,9,12H2,1H3. The molecule has 1 aliphatic heterocycles. The van der Waals surface area contributed by atoms with Crippen LogP contribution < -0.4 is 5.73 Å². The van der Waals surface area contributed by atoms with E-state index in [-0.39, 0.29) is 0 Å². The topological polar surface area (TPSA) is 47.1 Å². The van der Waals surface area contributed by atoms with Crippen LogP contribution >= 0.6 is 0 Å². The van der Waals surface area contributed by atoms with Crippen molar-refractivity contribution in [3.05, 3.63) is 18.0 Å². The van der Waals surface area contributed by atoms with E-state index in [1.807, 2.05) is 6.20 Å². The van der Waals surface area contributed by atoms with E-state index in [1.165, 1.54) is 24.9 Å². The molecule has 0 bridgehead atoms. The molecule has 0 saturated carbocycles. The molecular formula is C11H20N4. The van der Waals surface area contributed by atoms with Gasteiger partial charge in [0.1, 0.15) is 0 Å². The number of hydrogen-bond acceptors (Lipinski definition) is 3. The third-order valence-electron chi connectivity index (χ3n) is 3.03. The van der Waals surface area contributed by atoms with Crippen LogP contribution in [0, 0.1) is 6.92 Å². The van der Waals surface area contributed by atoms with Crippen molar-refractivity contribution in [3.8, 4) is 0 Å². The van der Waals surface area contributed by atoms with Crippen molar-refractivity contribution in [1.29, 1.82) is 0 Å². The summed E-state index contributed by atoms with van der Waals surface area (Å²) in [4.78, 5) is 2.44. The number of aromatic nitrogens is 2. The van der Waals surface area contributed by atoms with E-state index in [9.17, 15) is 0 Å². The summed E-state index contributed by atoms with van der Waals surface area (Å²) in [5.41, 5.74) is 6.83. The van der Waals surface area contributed by atoms with E-state index in [2.05, 4.69) is 27.8 Å². The van der Waals surface area contributed by atoms with Gasteiger partial charge in [0.15, 0.2) is 0 Å². The maximum absolute atomic E-state index is 5.58. The summed E-state index contributed by atoms with van der Waals surface area (Å²) in [5.74, 6) is 0. The zero-order valence-electron chi connectivity index (χ0n) is 9.39. The Morgan fingerprint density at radius 2 is 2.47 bits per heavy atom. The van der Waals surface area contributed by atoms with Gasteiger partial charge in [-0.3, -0.25) is 9.58 Å². The minimum atomic E-state index is 0.541. The average molecular weight is 208 g/mol. The van der Waals surface area contributed by atoms with Gasteiger partial charge in [-0.25, -0.2) is 0 Å². The van der Waals surface area contributed by atoms with Gasteiger partial charge in [0.2, 0.25) is 0 Å². The first kappa shape index (κ1) is 10.6. The van der Waals surface area contributed by atoms with Gasteiger partial charge in [-0.05, 0) is 31.9 Å². The van der Waals surface area contributed by atoms with Crippen molar-refractivity contribution in [2.45, 2.75) is 25.8 Å². The lowest BCUT2D eigenvalue weighted by molar-refractivity contribution is 0.174. The van der Waals surface area contributed by atoms with Crippen LogP contribution in [-0.2, 0) is 0 Å². The molecule has 4 heteroatoms. The minimum absolute atomic E-state index is 0.541. The Labute approximate surface area is 91.1 Å². The molecule has 1 aromatic rings. The van der Waals surface area contributed by atoms with Gasteiger partial charge >= 0.3 is 0 Å². The van der Waals surface area contributed by atoms with Gasteiger partial charge in [0.05, 0.1) is 12.2 Å². The van der Waals surface area contributed by atoms with Crippen LogP contribution in [0.2, 0.25) is 0 Å². The molecule has 1 unspecified atom stereocenters. The highest BCUT2D eigenvalue weighted by atomic mass is 15.3. The van der Waals surface area contributed by atoms with Crippen molar-refractivity contribution < 1.29 is 0 Å². The first-order valence-electron chi connectivity index (χ1n) is 5.73. The Balaban J connectivity index is 1.98. The first-order chi connectivity index (χ1) is 7.29. The number of hydrogen-bond donors (Lipinski definition) is 1. The molecule has 0 radical (unpaired) electrons. The Kier molecular flexibility index (Phi) is 3.38. The highest BCUT2D eigenvalue weighted by Gasteiger charge is 2.20. The van der Waals surface area contributed by atoms with E-state index in [1.54, 1.807) is 0 Å². The Bertz CT molecular complexity index is 305. The van der Waals surface area contributed by atoms with Gasteiger partial charge in [-0.15, -0.1) is 0 Å². The van der Waals surface area contributed by atoms with Crippen LogP contribution in [0.4, 0.5) is 0 Å². The van der Waals surface area contributed by atoms with Crippen LogP contribution in [-0.4, -0.2) is 40.9 Å². The SMILES string of the molecule is Cc1cnn(C2CCCN(CCN)C2)c1. The first-order valence-corrected chi connectivity index (χ1v) is 5.73. The molecule has 1 aromatic heterocycles. The number of nitrogens with zero attached hydrogens (tertiary/aromatic N) is 3. The second kappa shape index (κ2) is 4.77. The van der Waals surface area contributed by atoms with Crippen LogP contribution in [0.15, 0.2) is 12.4 Å². The van der Waals surface area contributed by atoms with Gasteiger partial charge < -0.3 is 5.73 Å². The number of piperidine rings is 1. The average Bonchev–Trinajstić information content (AvgIpc) is 2.66. The Morgan fingerprint density at radius 1 is 1.60 bits per heavy atom. The van der Waals surface area contributed by atoms with Crippen LogP contribution in [0.25, 0.3) is 0 Å². The molecule has 1 aliphatic rings. The fraction of sp³-hybridized carbons (Fsp3) is 0.727. The summed E-state index contributed by atoms with van der Waals surface area (Å²) in [7, 11) is 0. The molecule has 2 heterocycles. The Hall–Kier alpha value is -0.870. The maximum atomic E-state index is 5.58. The highest BCUT2D eigenvalue weighted by Crippen LogP contribution is 2.20. The number of aryl methyl sites for hydroxylation is 1. The number of nitrogens with two attached hydrogens (primary N) is 1. The van der Waals surface area contributed by atoms with E-state index in [0.29, 0.717) is 6.04 Å². The number of rotatable bonds is 3. The van der Waals surface area contributed by atoms with Crippen LogP contribution in [0.5, 0.6) is 0 Å². The predicted molar refractivity (Wildman–Crippen MR) is 60.7 cm³/mol. The fourth-order valence-electron chi connectivity index (χ4n) is 2.27. The molecule has 1 saturated heterocycles. The molecule has 4 nitrogen and oxygen atoms in total. The molecule has 1 atom stereocenters. The Morgan fingerprint density at radius 3 is 3.13 bits per heavy atom. The second-order valence-corrected chi connectivity index (χ2v) is 4.38. The van der Waals surface area contributed by atoms with E-state index in [0.717, 1.165) is 19.6 Å². The fourth-order valence-corrected chi connectivity index (χ4v) is 2.27. The summed E-state index contributed by atoms with van der Waals surface area (Å²) in [5, 5.41) is 4.39. The lowest BCUT2D eigenvalue weighted by Crippen LogP contribution is -2.39. The summed E-state index contributed by atoms with van der Waals surface area (Å²) in [6.07, 6.45) is 6.56. The molecule has 0 spiro atoms. The molecule has 84 valence electrons. The van der Waals surface area contributed by atoms with Crippen molar-refractivity contribution in [2.75, 3.05) is 26.2 Å². The normalized spacial score (nSPS) is 23.2.